The van der Waals surface area contributed by atoms with Gasteiger partial charge in [0, 0.05) is 25.5 Å². The molecule has 8 nitrogen and oxygen atoms in total. The summed E-state index contributed by atoms with van der Waals surface area (Å²) in [5.74, 6) is 0.708. The second-order valence-corrected chi connectivity index (χ2v) is 10.5. The van der Waals surface area contributed by atoms with Gasteiger partial charge in [-0.3, -0.25) is 14.3 Å². The van der Waals surface area contributed by atoms with Gasteiger partial charge in [0.1, 0.15) is 19.1 Å². The molecule has 0 radical (unpaired) electrons. The summed E-state index contributed by atoms with van der Waals surface area (Å²) in [6, 6.07) is 10.0. The predicted molar refractivity (Wildman–Crippen MR) is 141 cm³/mol. The van der Waals surface area contributed by atoms with Crippen LogP contribution in [0.2, 0.25) is 0 Å². The molecule has 0 saturated carbocycles. The van der Waals surface area contributed by atoms with Crippen LogP contribution in [0.25, 0.3) is 21.6 Å². The Balaban J connectivity index is 1.12. The molecule has 4 heterocycles. The van der Waals surface area contributed by atoms with Crippen molar-refractivity contribution in [2.45, 2.75) is 45.1 Å². The molecular formula is C26H29N3O5S2. The molecule has 0 N–H and O–H groups in total. The Labute approximate surface area is 217 Å². The van der Waals surface area contributed by atoms with Crippen LogP contribution in [-0.2, 0) is 33.8 Å². The molecule has 190 valence electrons. The van der Waals surface area contributed by atoms with Crippen LogP contribution < -0.4 is 9.61 Å². The molecule has 1 saturated heterocycles. The topological polar surface area (TPSA) is 84.7 Å². The average Bonchev–Trinajstić information content (AvgIpc) is 3.51. The lowest BCUT2D eigenvalue weighted by Crippen LogP contribution is -2.24. The number of rotatable bonds is 11. The van der Waals surface area contributed by atoms with E-state index in [4.69, 9.17) is 23.9 Å². The van der Waals surface area contributed by atoms with Crippen LogP contribution >= 0.6 is 22.7 Å². The van der Waals surface area contributed by atoms with Crippen molar-refractivity contribution in [3.05, 3.63) is 62.1 Å². The number of hydrogen-bond donors (Lipinski definition) is 0. The van der Waals surface area contributed by atoms with Gasteiger partial charge >= 0.3 is 4.87 Å². The Kier molecular flexibility index (Phi) is 8.40. The van der Waals surface area contributed by atoms with E-state index in [-0.39, 0.29) is 17.9 Å². The Hall–Kier alpha value is -2.63. The number of ether oxygens (including phenoxy) is 4. The number of benzene rings is 1. The number of pyridine rings is 1. The maximum absolute atomic E-state index is 12.2. The molecule has 1 aliphatic heterocycles. The quantitative estimate of drug-likeness (QED) is 0.257. The van der Waals surface area contributed by atoms with E-state index in [1.165, 1.54) is 16.9 Å². The van der Waals surface area contributed by atoms with Crippen molar-refractivity contribution in [3.8, 4) is 17.1 Å². The lowest BCUT2D eigenvalue weighted by molar-refractivity contribution is -0.165. The molecule has 0 spiro atoms. The van der Waals surface area contributed by atoms with Crippen molar-refractivity contribution in [3.63, 3.8) is 0 Å². The smallest absolute Gasteiger partial charge is 0.310 e. The average molecular weight is 528 g/mol. The van der Waals surface area contributed by atoms with Crippen LogP contribution in [0, 0.1) is 0 Å². The first-order valence-corrected chi connectivity index (χ1v) is 13.8. The fourth-order valence-corrected chi connectivity index (χ4v) is 5.85. The van der Waals surface area contributed by atoms with Gasteiger partial charge in [0.15, 0.2) is 6.29 Å². The van der Waals surface area contributed by atoms with Gasteiger partial charge in [-0.1, -0.05) is 17.4 Å². The summed E-state index contributed by atoms with van der Waals surface area (Å²) >= 11 is 2.89. The monoisotopic (exact) mass is 527 g/mol. The van der Waals surface area contributed by atoms with E-state index in [0.29, 0.717) is 19.0 Å². The fourth-order valence-electron chi connectivity index (χ4n) is 4.11. The zero-order chi connectivity index (χ0) is 24.7. The Morgan fingerprint density at radius 2 is 2.08 bits per heavy atom. The lowest BCUT2D eigenvalue weighted by Gasteiger charge is -2.22. The second kappa shape index (κ2) is 12.1. The van der Waals surface area contributed by atoms with Gasteiger partial charge in [0.25, 0.3) is 0 Å². The highest BCUT2D eigenvalue weighted by Crippen LogP contribution is 2.24. The van der Waals surface area contributed by atoms with Crippen molar-refractivity contribution in [2.75, 3.05) is 26.9 Å². The van der Waals surface area contributed by atoms with E-state index in [9.17, 15) is 4.79 Å². The van der Waals surface area contributed by atoms with Gasteiger partial charge in [-0.05, 0) is 55.5 Å². The van der Waals surface area contributed by atoms with E-state index in [1.807, 2.05) is 23.6 Å². The molecule has 0 bridgehead atoms. The molecular weight excluding hydrogens is 498 g/mol. The van der Waals surface area contributed by atoms with Gasteiger partial charge in [0.05, 0.1) is 39.4 Å². The number of aryl methyl sites for hydroxylation is 2. The molecule has 4 aromatic rings. The van der Waals surface area contributed by atoms with Crippen molar-refractivity contribution in [1.82, 2.24) is 14.5 Å². The van der Waals surface area contributed by atoms with Crippen molar-refractivity contribution in [1.29, 1.82) is 0 Å². The minimum absolute atomic E-state index is 0.000126. The first-order valence-electron chi connectivity index (χ1n) is 12.1. The molecule has 1 atom stereocenters. The third kappa shape index (κ3) is 6.19. The van der Waals surface area contributed by atoms with Gasteiger partial charge in [-0.2, -0.15) is 0 Å². The summed E-state index contributed by atoms with van der Waals surface area (Å²) in [6.07, 6.45) is 6.52. The number of fused-ring (bicyclic) bond motifs is 1. The lowest BCUT2D eigenvalue weighted by atomic mass is 10.1. The van der Waals surface area contributed by atoms with Crippen LogP contribution in [0.5, 0.6) is 5.75 Å². The van der Waals surface area contributed by atoms with Crippen LogP contribution in [-0.4, -0.2) is 47.8 Å². The van der Waals surface area contributed by atoms with Gasteiger partial charge in [0.2, 0.25) is 0 Å². The predicted octanol–water partition coefficient (Wildman–Crippen LogP) is 4.89. The molecule has 1 aromatic carbocycles. The molecule has 36 heavy (non-hydrogen) atoms. The third-order valence-electron chi connectivity index (χ3n) is 5.96. The standard InChI is InChI=1S/C26H29N3O5S2/c1-31-17-29-22-9-5-18(14-23(22)36-26(29)30)6-10-24-28-21(16-35-24)20-8-7-19(15-27-20)32-12-13-34-25-4-2-3-11-33-25/h5,7-9,14-16,25H,2-4,6,10-13,17H2,1H3. The van der Waals surface area contributed by atoms with E-state index in [2.05, 4.69) is 17.1 Å². The van der Waals surface area contributed by atoms with Gasteiger partial charge in [-0.15, -0.1) is 11.3 Å². The number of methoxy groups -OCH3 is 1. The molecule has 0 amide bonds. The number of thiazole rings is 2. The van der Waals surface area contributed by atoms with Crippen molar-refractivity contribution >= 4 is 32.9 Å². The zero-order valence-corrected chi connectivity index (χ0v) is 21.8. The SMILES string of the molecule is COCn1c(=O)sc2cc(CCc3nc(-c4ccc(OCCOC5CCCCO5)cn4)cs3)ccc21. The highest BCUT2D eigenvalue weighted by Gasteiger charge is 2.14. The van der Waals surface area contributed by atoms with Crippen LogP contribution in [0.4, 0.5) is 0 Å². The summed E-state index contributed by atoms with van der Waals surface area (Å²) in [4.78, 5) is 21.5. The fraction of sp³-hybridized carbons (Fsp3) is 0.423. The minimum atomic E-state index is -0.0984. The Bertz CT molecular complexity index is 1330. The molecule has 10 heteroatoms. The van der Waals surface area contributed by atoms with Gasteiger partial charge in [-0.25, -0.2) is 4.98 Å². The summed E-state index contributed by atoms with van der Waals surface area (Å²) in [7, 11) is 1.59. The number of nitrogens with zero attached hydrogens (tertiary/aromatic N) is 3. The van der Waals surface area contributed by atoms with Crippen molar-refractivity contribution in [2.24, 2.45) is 0 Å². The summed E-state index contributed by atoms with van der Waals surface area (Å²) < 4.78 is 24.8. The zero-order valence-electron chi connectivity index (χ0n) is 20.2. The summed E-state index contributed by atoms with van der Waals surface area (Å²) in [5.41, 5.74) is 3.78. The second-order valence-electron chi connectivity index (χ2n) is 8.54. The summed E-state index contributed by atoms with van der Waals surface area (Å²) in [6.45, 7) is 2.00. The van der Waals surface area contributed by atoms with E-state index in [0.717, 1.165) is 65.3 Å². The Morgan fingerprint density at radius 3 is 2.89 bits per heavy atom. The number of aromatic nitrogens is 3. The van der Waals surface area contributed by atoms with E-state index < -0.39 is 0 Å². The van der Waals surface area contributed by atoms with E-state index in [1.54, 1.807) is 29.2 Å². The Morgan fingerprint density at radius 1 is 1.14 bits per heavy atom. The first-order chi connectivity index (χ1) is 17.7. The molecule has 5 rings (SSSR count). The molecule has 1 unspecified atom stereocenters. The highest BCUT2D eigenvalue weighted by atomic mass is 32.1. The normalized spacial score (nSPS) is 16.0. The first kappa shape index (κ1) is 25.0. The maximum atomic E-state index is 12.2. The summed E-state index contributed by atoms with van der Waals surface area (Å²) in [5, 5.41) is 3.09. The van der Waals surface area contributed by atoms with Crippen LogP contribution in [0.15, 0.2) is 46.7 Å². The van der Waals surface area contributed by atoms with E-state index >= 15 is 0 Å². The third-order valence-corrected chi connectivity index (χ3v) is 7.81. The maximum Gasteiger partial charge on any atom is 0.310 e. The minimum Gasteiger partial charge on any atom is -0.490 e. The molecule has 0 aliphatic carbocycles. The van der Waals surface area contributed by atoms with Crippen LogP contribution in [0.3, 0.4) is 0 Å². The largest absolute Gasteiger partial charge is 0.490 e. The van der Waals surface area contributed by atoms with Crippen molar-refractivity contribution < 1.29 is 18.9 Å². The molecule has 3 aromatic heterocycles. The number of hydrogen-bond acceptors (Lipinski definition) is 9. The molecule has 1 fully saturated rings. The highest BCUT2D eigenvalue weighted by molar-refractivity contribution is 7.16. The van der Waals surface area contributed by atoms with Gasteiger partial charge < -0.3 is 18.9 Å². The molecule has 1 aliphatic rings. The van der Waals surface area contributed by atoms with Crippen LogP contribution in [0.1, 0.15) is 29.8 Å².